The highest BCUT2D eigenvalue weighted by molar-refractivity contribution is 7.98. The normalized spacial score (nSPS) is 10.9. The van der Waals surface area contributed by atoms with Gasteiger partial charge in [0.25, 0.3) is 0 Å². The van der Waals surface area contributed by atoms with Crippen LogP contribution in [0.25, 0.3) is 0 Å². The van der Waals surface area contributed by atoms with Crippen molar-refractivity contribution in [1.29, 1.82) is 0 Å². The molecular formula is C16H14Cl2N4S. The van der Waals surface area contributed by atoms with E-state index >= 15 is 0 Å². The third kappa shape index (κ3) is 3.99. The van der Waals surface area contributed by atoms with E-state index in [-0.39, 0.29) is 0 Å². The Bertz CT molecular complexity index is 805. The number of rotatable bonds is 5. The molecule has 0 atom stereocenters. The van der Waals surface area contributed by atoms with Gasteiger partial charge in [-0.25, -0.2) is 4.68 Å². The summed E-state index contributed by atoms with van der Waals surface area (Å²) in [6.45, 7) is 0. The van der Waals surface area contributed by atoms with Crippen molar-refractivity contribution in [3.8, 4) is 0 Å². The predicted molar refractivity (Wildman–Crippen MR) is 95.4 cm³/mol. The summed E-state index contributed by atoms with van der Waals surface area (Å²) in [5.74, 6) is 7.47. The summed E-state index contributed by atoms with van der Waals surface area (Å²) in [5.41, 5.74) is 2.12. The lowest BCUT2D eigenvalue weighted by molar-refractivity contribution is 0.805. The summed E-state index contributed by atoms with van der Waals surface area (Å²) in [5, 5.41) is 10.2. The Morgan fingerprint density at radius 2 is 1.83 bits per heavy atom. The van der Waals surface area contributed by atoms with Gasteiger partial charge in [-0.05, 0) is 23.3 Å². The Morgan fingerprint density at radius 3 is 2.57 bits per heavy atom. The highest BCUT2D eigenvalue weighted by atomic mass is 35.5. The monoisotopic (exact) mass is 364 g/mol. The zero-order valence-corrected chi connectivity index (χ0v) is 14.4. The fraction of sp³-hybridized carbons (Fsp3) is 0.125. The second kappa shape index (κ2) is 7.25. The van der Waals surface area contributed by atoms with Crippen LogP contribution in [0.15, 0.2) is 53.7 Å². The summed E-state index contributed by atoms with van der Waals surface area (Å²) in [6, 6.07) is 15.5. The summed E-state index contributed by atoms with van der Waals surface area (Å²) < 4.78 is 1.53. The number of hydrogen-bond donors (Lipinski definition) is 1. The van der Waals surface area contributed by atoms with Crippen LogP contribution in [-0.2, 0) is 12.2 Å². The molecule has 1 aromatic heterocycles. The first-order valence-corrected chi connectivity index (χ1v) is 8.67. The van der Waals surface area contributed by atoms with Gasteiger partial charge in [-0.15, -0.1) is 10.2 Å². The minimum Gasteiger partial charge on any atom is -0.336 e. The van der Waals surface area contributed by atoms with Gasteiger partial charge in [0, 0.05) is 22.2 Å². The largest absolute Gasteiger partial charge is 0.336 e. The van der Waals surface area contributed by atoms with E-state index in [1.54, 1.807) is 6.07 Å². The number of nitrogen functional groups attached to an aromatic ring is 1. The minimum atomic E-state index is 0.621. The molecule has 0 bridgehead atoms. The lowest BCUT2D eigenvalue weighted by Gasteiger charge is -2.05. The summed E-state index contributed by atoms with van der Waals surface area (Å²) in [7, 11) is 0. The molecule has 0 fully saturated rings. The molecule has 118 valence electrons. The van der Waals surface area contributed by atoms with E-state index in [0.29, 0.717) is 27.4 Å². The molecule has 3 aromatic rings. The molecule has 7 heteroatoms. The molecule has 2 aromatic carbocycles. The van der Waals surface area contributed by atoms with E-state index in [1.807, 2.05) is 42.5 Å². The van der Waals surface area contributed by atoms with Crippen molar-refractivity contribution in [1.82, 2.24) is 14.9 Å². The van der Waals surface area contributed by atoms with Crippen LogP contribution in [0.3, 0.4) is 0 Å². The van der Waals surface area contributed by atoms with Gasteiger partial charge in [-0.1, -0.05) is 71.4 Å². The first-order valence-electron chi connectivity index (χ1n) is 6.93. The van der Waals surface area contributed by atoms with Crippen molar-refractivity contribution in [3.63, 3.8) is 0 Å². The molecule has 0 amide bonds. The second-order valence-electron chi connectivity index (χ2n) is 4.96. The van der Waals surface area contributed by atoms with Crippen molar-refractivity contribution >= 4 is 35.0 Å². The van der Waals surface area contributed by atoms with Gasteiger partial charge in [-0.2, -0.15) is 0 Å². The van der Waals surface area contributed by atoms with Crippen LogP contribution in [0.4, 0.5) is 0 Å². The van der Waals surface area contributed by atoms with Crippen LogP contribution in [-0.4, -0.2) is 14.9 Å². The average Bonchev–Trinajstić information content (AvgIpc) is 2.88. The Hall–Kier alpha value is -1.69. The third-order valence-electron chi connectivity index (χ3n) is 3.31. The SMILES string of the molecule is Nn1c(Cc2ccccc2)nnc1SCc1ccc(Cl)cc1Cl. The molecule has 0 unspecified atom stereocenters. The summed E-state index contributed by atoms with van der Waals surface area (Å²) in [4.78, 5) is 0. The number of hydrogen-bond acceptors (Lipinski definition) is 4. The minimum absolute atomic E-state index is 0.621. The molecule has 0 aliphatic heterocycles. The smallest absolute Gasteiger partial charge is 0.210 e. The Kier molecular flexibility index (Phi) is 5.10. The van der Waals surface area contributed by atoms with Crippen molar-refractivity contribution in [2.75, 3.05) is 5.84 Å². The van der Waals surface area contributed by atoms with E-state index in [1.165, 1.54) is 16.4 Å². The molecule has 0 radical (unpaired) electrons. The number of halogens is 2. The Balaban J connectivity index is 1.69. The van der Waals surface area contributed by atoms with E-state index in [0.717, 1.165) is 17.0 Å². The zero-order chi connectivity index (χ0) is 16.2. The predicted octanol–water partition coefficient (Wildman–Crippen LogP) is 4.18. The molecule has 0 saturated heterocycles. The molecule has 3 rings (SSSR count). The molecule has 4 nitrogen and oxygen atoms in total. The summed E-state index contributed by atoms with van der Waals surface area (Å²) >= 11 is 13.6. The van der Waals surface area contributed by atoms with Gasteiger partial charge < -0.3 is 5.84 Å². The van der Waals surface area contributed by atoms with Crippen molar-refractivity contribution in [2.45, 2.75) is 17.3 Å². The van der Waals surface area contributed by atoms with Crippen LogP contribution in [0.5, 0.6) is 0 Å². The molecule has 0 saturated carbocycles. The maximum atomic E-state index is 6.18. The van der Waals surface area contributed by atoms with Gasteiger partial charge in [0.15, 0.2) is 5.82 Å². The van der Waals surface area contributed by atoms with Crippen molar-refractivity contribution < 1.29 is 0 Å². The Morgan fingerprint density at radius 1 is 1.04 bits per heavy atom. The molecule has 1 heterocycles. The maximum Gasteiger partial charge on any atom is 0.210 e. The van der Waals surface area contributed by atoms with Gasteiger partial charge in [0.05, 0.1) is 0 Å². The number of thioether (sulfide) groups is 1. The van der Waals surface area contributed by atoms with Crippen LogP contribution in [0, 0.1) is 0 Å². The first kappa shape index (κ1) is 16.2. The molecule has 23 heavy (non-hydrogen) atoms. The van der Waals surface area contributed by atoms with Crippen molar-refractivity contribution in [3.05, 3.63) is 75.5 Å². The highest BCUT2D eigenvalue weighted by Gasteiger charge is 2.12. The number of aromatic nitrogens is 3. The van der Waals surface area contributed by atoms with E-state index in [2.05, 4.69) is 10.2 Å². The Labute approximate surface area is 148 Å². The van der Waals surface area contributed by atoms with E-state index in [9.17, 15) is 0 Å². The van der Waals surface area contributed by atoms with Gasteiger partial charge in [0.2, 0.25) is 5.16 Å². The molecule has 2 N–H and O–H groups in total. The molecule has 0 aliphatic carbocycles. The van der Waals surface area contributed by atoms with Gasteiger partial charge >= 0.3 is 0 Å². The quantitative estimate of drug-likeness (QED) is 0.544. The fourth-order valence-electron chi connectivity index (χ4n) is 2.09. The lowest BCUT2D eigenvalue weighted by atomic mass is 10.1. The fourth-order valence-corrected chi connectivity index (χ4v) is 3.52. The standard InChI is InChI=1S/C16H14Cl2N4S/c17-13-7-6-12(14(18)9-13)10-23-16-21-20-15(22(16)19)8-11-4-2-1-3-5-11/h1-7,9H,8,10,19H2. The number of nitrogens with two attached hydrogens (primary N) is 1. The van der Waals surface area contributed by atoms with Crippen LogP contribution < -0.4 is 5.84 Å². The molecule has 0 aliphatic rings. The number of nitrogens with zero attached hydrogens (tertiary/aromatic N) is 3. The second-order valence-corrected chi connectivity index (χ2v) is 6.74. The van der Waals surface area contributed by atoms with Crippen molar-refractivity contribution in [2.24, 2.45) is 0 Å². The zero-order valence-electron chi connectivity index (χ0n) is 12.1. The maximum absolute atomic E-state index is 6.18. The first-order chi connectivity index (χ1) is 11.1. The third-order valence-corrected chi connectivity index (χ3v) is 4.89. The van der Waals surface area contributed by atoms with E-state index in [4.69, 9.17) is 29.0 Å². The number of benzene rings is 2. The molecule has 0 spiro atoms. The highest BCUT2D eigenvalue weighted by Crippen LogP contribution is 2.27. The van der Waals surface area contributed by atoms with Crippen LogP contribution in [0.2, 0.25) is 10.0 Å². The molecular weight excluding hydrogens is 351 g/mol. The average molecular weight is 365 g/mol. The van der Waals surface area contributed by atoms with Gasteiger partial charge in [-0.3, -0.25) is 0 Å². The van der Waals surface area contributed by atoms with Crippen LogP contribution >= 0.6 is 35.0 Å². The van der Waals surface area contributed by atoms with E-state index < -0.39 is 0 Å². The lowest BCUT2D eigenvalue weighted by Crippen LogP contribution is -2.14. The van der Waals surface area contributed by atoms with Crippen LogP contribution in [0.1, 0.15) is 17.0 Å². The summed E-state index contributed by atoms with van der Waals surface area (Å²) in [6.07, 6.45) is 0.645. The van der Waals surface area contributed by atoms with Gasteiger partial charge in [0.1, 0.15) is 0 Å². The topological polar surface area (TPSA) is 56.7 Å².